The lowest BCUT2D eigenvalue weighted by atomic mass is 10.0. The molecule has 1 aliphatic rings. The van der Waals surface area contributed by atoms with E-state index in [0.29, 0.717) is 0 Å². The monoisotopic (exact) mass is 173 g/mol. The molecular weight excluding hydrogens is 162 g/mol. The zero-order chi connectivity index (χ0) is 8.67. The normalized spacial score (nSPS) is 16.0. The largest absolute Gasteiger partial charge is 0.301 e. The summed E-state index contributed by atoms with van der Waals surface area (Å²) in [6, 6.07) is 0. The first-order chi connectivity index (χ1) is 6.45. The van der Waals surface area contributed by atoms with Crippen LogP contribution in [0.15, 0.2) is 18.6 Å². The van der Waals surface area contributed by atoms with Gasteiger partial charge in [-0.3, -0.25) is 4.98 Å². The molecule has 3 rings (SSSR count). The third-order valence-corrected chi connectivity index (χ3v) is 2.69. The van der Waals surface area contributed by atoms with Gasteiger partial charge in [-0.05, 0) is 25.7 Å². The second-order valence-electron chi connectivity index (χ2n) is 3.52. The second-order valence-corrected chi connectivity index (χ2v) is 3.52. The van der Waals surface area contributed by atoms with Crippen molar-refractivity contribution < 1.29 is 0 Å². The standard InChI is InChI=1S/C10H11N3/c1-2-4-9-8(3-1)12-10-7-11-5-6-13(9)10/h5-7H,1-4H2. The lowest BCUT2D eigenvalue weighted by Crippen LogP contribution is -2.03. The van der Waals surface area contributed by atoms with Crippen LogP contribution in [0.2, 0.25) is 0 Å². The Bertz CT molecular complexity index is 444. The minimum Gasteiger partial charge on any atom is -0.301 e. The predicted molar refractivity (Wildman–Crippen MR) is 49.6 cm³/mol. The van der Waals surface area contributed by atoms with Gasteiger partial charge in [0.05, 0.1) is 11.9 Å². The summed E-state index contributed by atoms with van der Waals surface area (Å²) >= 11 is 0. The zero-order valence-corrected chi connectivity index (χ0v) is 7.40. The van der Waals surface area contributed by atoms with Gasteiger partial charge in [-0.1, -0.05) is 0 Å². The molecule has 0 N–H and O–H groups in total. The fourth-order valence-corrected chi connectivity index (χ4v) is 2.06. The minimum atomic E-state index is 0.995. The Labute approximate surface area is 76.4 Å². The second kappa shape index (κ2) is 2.55. The van der Waals surface area contributed by atoms with Gasteiger partial charge in [-0.15, -0.1) is 0 Å². The zero-order valence-electron chi connectivity index (χ0n) is 7.40. The molecule has 0 aliphatic heterocycles. The molecule has 2 heterocycles. The topological polar surface area (TPSA) is 30.2 Å². The highest BCUT2D eigenvalue weighted by atomic mass is 15.0. The predicted octanol–water partition coefficient (Wildman–Crippen LogP) is 1.61. The van der Waals surface area contributed by atoms with Crippen molar-refractivity contribution in [1.82, 2.24) is 14.4 Å². The number of rotatable bonds is 0. The van der Waals surface area contributed by atoms with Crippen molar-refractivity contribution >= 4 is 5.65 Å². The van der Waals surface area contributed by atoms with Crippen molar-refractivity contribution in [2.45, 2.75) is 25.7 Å². The van der Waals surface area contributed by atoms with Crippen LogP contribution in [0.5, 0.6) is 0 Å². The molecule has 0 saturated heterocycles. The minimum absolute atomic E-state index is 0.995. The summed E-state index contributed by atoms with van der Waals surface area (Å²) < 4.78 is 2.17. The third kappa shape index (κ3) is 0.963. The van der Waals surface area contributed by atoms with E-state index in [9.17, 15) is 0 Å². The Morgan fingerprint density at radius 2 is 2.15 bits per heavy atom. The summed E-state index contributed by atoms with van der Waals surface area (Å²) in [6.45, 7) is 0. The molecule has 0 saturated carbocycles. The number of hydrogen-bond acceptors (Lipinski definition) is 2. The van der Waals surface area contributed by atoms with Gasteiger partial charge in [0.25, 0.3) is 0 Å². The molecule has 2 aromatic rings. The Morgan fingerprint density at radius 1 is 1.23 bits per heavy atom. The maximum Gasteiger partial charge on any atom is 0.155 e. The van der Waals surface area contributed by atoms with E-state index in [0.717, 1.165) is 12.1 Å². The van der Waals surface area contributed by atoms with Crippen LogP contribution in [0.1, 0.15) is 24.2 Å². The van der Waals surface area contributed by atoms with Crippen LogP contribution in [-0.2, 0) is 12.8 Å². The third-order valence-electron chi connectivity index (χ3n) is 2.69. The van der Waals surface area contributed by atoms with Gasteiger partial charge in [0.15, 0.2) is 5.65 Å². The van der Waals surface area contributed by atoms with Crippen molar-refractivity contribution in [3.63, 3.8) is 0 Å². The van der Waals surface area contributed by atoms with Crippen molar-refractivity contribution in [2.24, 2.45) is 0 Å². The molecular formula is C10H11N3. The number of aryl methyl sites for hydroxylation is 2. The fourth-order valence-electron chi connectivity index (χ4n) is 2.06. The summed E-state index contributed by atoms with van der Waals surface area (Å²) in [7, 11) is 0. The maximum absolute atomic E-state index is 4.55. The Kier molecular flexibility index (Phi) is 1.39. The highest BCUT2D eigenvalue weighted by molar-refractivity contribution is 5.41. The molecule has 0 aromatic carbocycles. The van der Waals surface area contributed by atoms with E-state index < -0.39 is 0 Å². The van der Waals surface area contributed by atoms with Crippen molar-refractivity contribution in [2.75, 3.05) is 0 Å². The summed E-state index contributed by atoms with van der Waals surface area (Å²) in [6.07, 6.45) is 10.5. The van der Waals surface area contributed by atoms with Gasteiger partial charge >= 0.3 is 0 Å². The molecule has 0 radical (unpaired) electrons. The molecule has 1 aliphatic carbocycles. The van der Waals surface area contributed by atoms with Crippen molar-refractivity contribution in [3.05, 3.63) is 30.0 Å². The summed E-state index contributed by atoms with van der Waals surface area (Å²) in [4.78, 5) is 8.63. The smallest absolute Gasteiger partial charge is 0.155 e. The first-order valence-corrected chi connectivity index (χ1v) is 4.75. The molecule has 3 nitrogen and oxygen atoms in total. The Hall–Kier alpha value is -1.38. The van der Waals surface area contributed by atoms with Gasteiger partial charge in [0.1, 0.15) is 0 Å². The molecule has 2 aromatic heterocycles. The Morgan fingerprint density at radius 3 is 3.15 bits per heavy atom. The van der Waals surface area contributed by atoms with Crippen LogP contribution in [0.4, 0.5) is 0 Å². The van der Waals surface area contributed by atoms with E-state index in [-0.39, 0.29) is 0 Å². The molecule has 0 spiro atoms. The lowest BCUT2D eigenvalue weighted by Gasteiger charge is -2.09. The quantitative estimate of drug-likeness (QED) is 0.605. The van der Waals surface area contributed by atoms with Crippen molar-refractivity contribution in [3.8, 4) is 0 Å². The number of fused-ring (bicyclic) bond motifs is 3. The molecule has 0 unspecified atom stereocenters. The first kappa shape index (κ1) is 7.06. The average molecular weight is 173 g/mol. The van der Waals surface area contributed by atoms with Crippen LogP contribution in [0.25, 0.3) is 5.65 Å². The summed E-state index contributed by atoms with van der Waals surface area (Å²) in [5.74, 6) is 0. The average Bonchev–Trinajstić information content (AvgIpc) is 2.56. The maximum atomic E-state index is 4.55. The van der Waals surface area contributed by atoms with E-state index in [4.69, 9.17) is 0 Å². The van der Waals surface area contributed by atoms with E-state index in [1.54, 1.807) is 0 Å². The van der Waals surface area contributed by atoms with Crippen molar-refractivity contribution in [1.29, 1.82) is 0 Å². The van der Waals surface area contributed by atoms with Gasteiger partial charge < -0.3 is 4.40 Å². The molecule has 0 bridgehead atoms. The number of nitrogens with zero attached hydrogens (tertiary/aromatic N) is 3. The van der Waals surface area contributed by atoms with Crippen LogP contribution in [0, 0.1) is 0 Å². The summed E-state index contributed by atoms with van der Waals surface area (Å²) in [5.41, 5.74) is 3.66. The Balaban J connectivity index is 2.34. The molecule has 13 heavy (non-hydrogen) atoms. The van der Waals surface area contributed by atoms with Crippen LogP contribution in [0.3, 0.4) is 0 Å². The van der Waals surface area contributed by atoms with E-state index in [2.05, 4.69) is 14.4 Å². The van der Waals surface area contributed by atoms with Crippen LogP contribution in [-0.4, -0.2) is 14.4 Å². The molecule has 3 heteroatoms. The highest BCUT2D eigenvalue weighted by Crippen LogP contribution is 2.21. The summed E-state index contributed by atoms with van der Waals surface area (Å²) in [5, 5.41) is 0. The van der Waals surface area contributed by atoms with E-state index >= 15 is 0 Å². The van der Waals surface area contributed by atoms with Gasteiger partial charge in [0.2, 0.25) is 0 Å². The van der Waals surface area contributed by atoms with Gasteiger partial charge in [0, 0.05) is 18.1 Å². The lowest BCUT2D eigenvalue weighted by molar-refractivity contribution is 0.660. The van der Waals surface area contributed by atoms with E-state index in [1.165, 1.54) is 30.7 Å². The van der Waals surface area contributed by atoms with Crippen LogP contribution >= 0.6 is 0 Å². The molecule has 0 fully saturated rings. The van der Waals surface area contributed by atoms with Gasteiger partial charge in [-0.25, -0.2) is 4.98 Å². The number of imidazole rings is 1. The number of hydrogen-bond donors (Lipinski definition) is 0. The SMILES string of the molecule is c1cn2c3c(nc2cn1)CCCC3. The molecule has 0 atom stereocenters. The molecule has 0 amide bonds. The van der Waals surface area contributed by atoms with Gasteiger partial charge in [-0.2, -0.15) is 0 Å². The van der Waals surface area contributed by atoms with E-state index in [1.807, 2.05) is 18.6 Å². The highest BCUT2D eigenvalue weighted by Gasteiger charge is 2.15. The molecule has 66 valence electrons. The van der Waals surface area contributed by atoms with Crippen LogP contribution < -0.4 is 0 Å². The number of aromatic nitrogens is 3. The fraction of sp³-hybridized carbons (Fsp3) is 0.400. The first-order valence-electron chi connectivity index (χ1n) is 4.75.